The van der Waals surface area contributed by atoms with E-state index in [2.05, 4.69) is 16.3 Å². The molecule has 1 N–H and O–H groups in total. The molecule has 2 aliphatic rings. The standard InChI is InChI=1S/C22H25N3O3/c26-21(12-15-25-19-10-4-5-11-20(19)28-16-22(25)27)23-17-8-2-3-9-18(17)24-13-6-1-7-14-24/h2-5,8-11H,1,6-7,12-16H2,(H,23,26). The highest BCUT2D eigenvalue weighted by Crippen LogP contribution is 2.32. The molecule has 0 unspecified atom stereocenters. The summed E-state index contributed by atoms with van der Waals surface area (Å²) in [6.45, 7) is 2.38. The van der Waals surface area contributed by atoms with Crippen molar-refractivity contribution in [2.45, 2.75) is 25.7 Å². The maximum atomic E-state index is 12.6. The van der Waals surface area contributed by atoms with Gasteiger partial charge in [-0.2, -0.15) is 0 Å². The topological polar surface area (TPSA) is 61.9 Å². The van der Waals surface area contributed by atoms with Gasteiger partial charge < -0.3 is 19.9 Å². The van der Waals surface area contributed by atoms with Gasteiger partial charge in [-0.3, -0.25) is 9.59 Å². The molecular formula is C22H25N3O3. The molecule has 6 nitrogen and oxygen atoms in total. The Labute approximate surface area is 165 Å². The van der Waals surface area contributed by atoms with Gasteiger partial charge in [0.05, 0.1) is 17.1 Å². The molecule has 0 radical (unpaired) electrons. The van der Waals surface area contributed by atoms with Crippen LogP contribution in [0.15, 0.2) is 48.5 Å². The Morgan fingerprint density at radius 3 is 2.50 bits per heavy atom. The lowest BCUT2D eigenvalue weighted by Crippen LogP contribution is -2.40. The SMILES string of the molecule is O=C(CCN1C(=O)COc2ccccc21)Nc1ccccc1N1CCCCC1. The molecule has 1 fully saturated rings. The number of carbonyl (C=O) groups excluding carboxylic acids is 2. The van der Waals surface area contributed by atoms with Crippen molar-refractivity contribution in [2.24, 2.45) is 0 Å². The summed E-state index contributed by atoms with van der Waals surface area (Å²) in [7, 11) is 0. The molecule has 0 aromatic heterocycles. The molecule has 0 bridgehead atoms. The van der Waals surface area contributed by atoms with Crippen LogP contribution in [0.2, 0.25) is 0 Å². The molecule has 2 aromatic carbocycles. The smallest absolute Gasteiger partial charge is 0.265 e. The molecule has 2 aromatic rings. The molecule has 4 rings (SSSR count). The number of nitrogens with zero attached hydrogens (tertiary/aromatic N) is 2. The van der Waals surface area contributed by atoms with Gasteiger partial charge in [-0.05, 0) is 43.5 Å². The van der Waals surface area contributed by atoms with E-state index in [0.29, 0.717) is 12.3 Å². The number of para-hydroxylation sites is 4. The number of hydrogen-bond donors (Lipinski definition) is 1. The van der Waals surface area contributed by atoms with E-state index in [4.69, 9.17) is 4.74 Å². The number of anilines is 3. The zero-order chi connectivity index (χ0) is 19.3. The second-order valence-corrected chi connectivity index (χ2v) is 7.16. The van der Waals surface area contributed by atoms with Crippen molar-refractivity contribution in [3.63, 3.8) is 0 Å². The van der Waals surface area contributed by atoms with Gasteiger partial charge in [0.1, 0.15) is 5.75 Å². The lowest BCUT2D eigenvalue weighted by atomic mass is 10.1. The van der Waals surface area contributed by atoms with Gasteiger partial charge in [0.25, 0.3) is 5.91 Å². The van der Waals surface area contributed by atoms with Crippen LogP contribution in [-0.2, 0) is 9.59 Å². The lowest BCUT2D eigenvalue weighted by Gasteiger charge is -2.31. The van der Waals surface area contributed by atoms with Crippen LogP contribution in [0.4, 0.5) is 17.1 Å². The molecule has 0 saturated carbocycles. The van der Waals surface area contributed by atoms with Gasteiger partial charge in [-0.25, -0.2) is 0 Å². The van der Waals surface area contributed by atoms with Gasteiger partial charge in [0.2, 0.25) is 5.91 Å². The van der Waals surface area contributed by atoms with E-state index in [1.54, 1.807) is 4.90 Å². The third-order valence-electron chi connectivity index (χ3n) is 5.25. The number of nitrogens with one attached hydrogen (secondary N) is 1. The van der Waals surface area contributed by atoms with Gasteiger partial charge in [-0.15, -0.1) is 0 Å². The molecule has 6 heteroatoms. The predicted octanol–water partition coefficient (Wildman–Crippen LogP) is 3.43. The summed E-state index contributed by atoms with van der Waals surface area (Å²) < 4.78 is 5.45. The van der Waals surface area contributed by atoms with Crippen LogP contribution in [0.25, 0.3) is 0 Å². The van der Waals surface area contributed by atoms with Crippen molar-refractivity contribution in [1.29, 1.82) is 0 Å². The van der Waals surface area contributed by atoms with Crippen molar-refractivity contribution in [3.05, 3.63) is 48.5 Å². The Hall–Kier alpha value is -3.02. The minimum absolute atomic E-state index is 0.0103. The maximum Gasteiger partial charge on any atom is 0.265 e. The molecule has 2 heterocycles. The van der Waals surface area contributed by atoms with Gasteiger partial charge in [0.15, 0.2) is 6.61 Å². The monoisotopic (exact) mass is 379 g/mol. The second-order valence-electron chi connectivity index (χ2n) is 7.16. The zero-order valence-electron chi connectivity index (χ0n) is 15.9. The molecule has 2 aliphatic heterocycles. The average Bonchev–Trinajstić information content (AvgIpc) is 2.74. The van der Waals surface area contributed by atoms with E-state index in [1.165, 1.54) is 19.3 Å². The van der Waals surface area contributed by atoms with Crippen LogP contribution in [0.1, 0.15) is 25.7 Å². The Kier molecular flexibility index (Phi) is 5.46. The van der Waals surface area contributed by atoms with Crippen LogP contribution in [0.5, 0.6) is 5.75 Å². The Morgan fingerprint density at radius 2 is 1.68 bits per heavy atom. The van der Waals surface area contributed by atoms with Crippen molar-refractivity contribution < 1.29 is 14.3 Å². The van der Waals surface area contributed by atoms with E-state index < -0.39 is 0 Å². The van der Waals surface area contributed by atoms with E-state index >= 15 is 0 Å². The van der Waals surface area contributed by atoms with E-state index in [1.807, 2.05) is 42.5 Å². The van der Waals surface area contributed by atoms with Gasteiger partial charge >= 0.3 is 0 Å². The number of rotatable bonds is 5. The third kappa shape index (κ3) is 3.96. The Balaban J connectivity index is 1.41. The number of piperidine rings is 1. The quantitative estimate of drug-likeness (QED) is 0.865. The number of amides is 2. The number of fused-ring (bicyclic) bond motifs is 1. The summed E-state index contributed by atoms with van der Waals surface area (Å²) in [6.07, 6.45) is 3.86. The fourth-order valence-corrected chi connectivity index (χ4v) is 3.82. The molecule has 146 valence electrons. The Bertz CT molecular complexity index is 862. The van der Waals surface area contributed by atoms with E-state index in [9.17, 15) is 9.59 Å². The fourth-order valence-electron chi connectivity index (χ4n) is 3.82. The van der Waals surface area contributed by atoms with E-state index in [-0.39, 0.29) is 24.8 Å². The van der Waals surface area contributed by atoms with Crippen LogP contribution in [0, 0.1) is 0 Å². The molecule has 0 spiro atoms. The number of carbonyl (C=O) groups is 2. The first kappa shape index (κ1) is 18.3. The first-order valence-corrected chi connectivity index (χ1v) is 9.88. The number of ether oxygens (including phenoxy) is 1. The Morgan fingerprint density at radius 1 is 0.964 bits per heavy atom. The van der Waals surface area contributed by atoms with Crippen LogP contribution >= 0.6 is 0 Å². The largest absolute Gasteiger partial charge is 0.482 e. The summed E-state index contributed by atoms with van der Waals surface area (Å²) in [5.74, 6) is 0.458. The fraction of sp³-hybridized carbons (Fsp3) is 0.364. The maximum absolute atomic E-state index is 12.6. The van der Waals surface area contributed by atoms with Gasteiger partial charge in [0, 0.05) is 26.1 Å². The molecule has 28 heavy (non-hydrogen) atoms. The zero-order valence-corrected chi connectivity index (χ0v) is 15.9. The summed E-state index contributed by atoms with van der Waals surface area (Å²) in [5, 5.41) is 3.04. The first-order valence-electron chi connectivity index (χ1n) is 9.88. The molecule has 0 atom stereocenters. The second kappa shape index (κ2) is 8.33. The summed E-state index contributed by atoms with van der Waals surface area (Å²) >= 11 is 0. The lowest BCUT2D eigenvalue weighted by molar-refractivity contribution is -0.121. The minimum atomic E-state index is -0.125. The molecule has 2 amide bonds. The third-order valence-corrected chi connectivity index (χ3v) is 5.25. The number of benzene rings is 2. The van der Waals surface area contributed by atoms with Crippen LogP contribution in [0.3, 0.4) is 0 Å². The first-order chi connectivity index (χ1) is 13.7. The highest BCUT2D eigenvalue weighted by Gasteiger charge is 2.25. The van der Waals surface area contributed by atoms with Crippen molar-refractivity contribution in [3.8, 4) is 5.75 Å². The minimum Gasteiger partial charge on any atom is -0.482 e. The summed E-state index contributed by atoms with van der Waals surface area (Å²) in [5.41, 5.74) is 2.63. The summed E-state index contributed by atoms with van der Waals surface area (Å²) in [6, 6.07) is 15.4. The van der Waals surface area contributed by atoms with Crippen molar-refractivity contribution in [1.82, 2.24) is 0 Å². The van der Waals surface area contributed by atoms with Crippen molar-refractivity contribution in [2.75, 3.05) is 41.4 Å². The highest BCUT2D eigenvalue weighted by atomic mass is 16.5. The molecule has 0 aliphatic carbocycles. The van der Waals surface area contributed by atoms with E-state index in [0.717, 1.165) is 30.2 Å². The highest BCUT2D eigenvalue weighted by molar-refractivity contribution is 5.99. The normalized spacial score (nSPS) is 16.4. The van der Waals surface area contributed by atoms with Crippen molar-refractivity contribution >= 4 is 28.9 Å². The van der Waals surface area contributed by atoms with Gasteiger partial charge in [-0.1, -0.05) is 24.3 Å². The summed E-state index contributed by atoms with van der Waals surface area (Å²) in [4.78, 5) is 28.8. The molecule has 1 saturated heterocycles. The molecular weight excluding hydrogens is 354 g/mol. The van der Waals surface area contributed by atoms with Crippen LogP contribution < -0.4 is 19.9 Å². The van der Waals surface area contributed by atoms with Crippen LogP contribution in [-0.4, -0.2) is 38.1 Å². The predicted molar refractivity (Wildman–Crippen MR) is 110 cm³/mol. The number of hydrogen-bond acceptors (Lipinski definition) is 4. The average molecular weight is 379 g/mol.